The van der Waals surface area contributed by atoms with Gasteiger partial charge in [-0.1, -0.05) is 99.1 Å². The van der Waals surface area contributed by atoms with Gasteiger partial charge in [-0.2, -0.15) is 0 Å². The third-order valence-electron chi connectivity index (χ3n) is 6.39. The van der Waals surface area contributed by atoms with Crippen LogP contribution in [-0.2, 0) is 12.0 Å². The molecular formula is C31H27ClO3. The van der Waals surface area contributed by atoms with E-state index >= 15 is 0 Å². The van der Waals surface area contributed by atoms with Crippen molar-refractivity contribution in [2.45, 2.75) is 39.7 Å². The van der Waals surface area contributed by atoms with E-state index in [0.717, 1.165) is 27.5 Å². The Labute approximate surface area is 209 Å². The molecule has 0 radical (unpaired) electrons. The molecule has 0 aliphatic carbocycles. The van der Waals surface area contributed by atoms with E-state index < -0.39 is 0 Å². The molecule has 3 nitrogen and oxygen atoms in total. The first-order chi connectivity index (χ1) is 16.7. The van der Waals surface area contributed by atoms with Crippen molar-refractivity contribution >= 4 is 33.3 Å². The van der Waals surface area contributed by atoms with E-state index in [1.807, 2.05) is 43.3 Å². The smallest absolute Gasteiger partial charge is 0.235 e. The van der Waals surface area contributed by atoms with Gasteiger partial charge in [-0.25, -0.2) is 0 Å². The standard InChI is InChI=1S/C31H27ClO3/c1-19-16-27-25(17-26(19)32)28(33)30(29(35-27)21-12-14-23(15-13-21)31(2,3)4)34-18-22-10-7-9-20-8-5-6-11-24(20)22/h5-17H,18H2,1-4H3. The lowest BCUT2D eigenvalue weighted by Crippen LogP contribution is -2.12. The molecule has 0 amide bonds. The van der Waals surface area contributed by atoms with Crippen molar-refractivity contribution in [3.05, 3.63) is 111 Å². The Morgan fingerprint density at radius 1 is 0.886 bits per heavy atom. The summed E-state index contributed by atoms with van der Waals surface area (Å²) in [6.45, 7) is 8.64. The fourth-order valence-electron chi connectivity index (χ4n) is 4.31. The van der Waals surface area contributed by atoms with Gasteiger partial charge in [0.15, 0.2) is 5.76 Å². The van der Waals surface area contributed by atoms with Gasteiger partial charge in [0.2, 0.25) is 11.2 Å². The fourth-order valence-corrected chi connectivity index (χ4v) is 4.47. The summed E-state index contributed by atoms with van der Waals surface area (Å²) in [6, 6.07) is 25.8. The zero-order valence-corrected chi connectivity index (χ0v) is 21.1. The van der Waals surface area contributed by atoms with Crippen LogP contribution in [0.2, 0.25) is 5.02 Å². The van der Waals surface area contributed by atoms with E-state index in [2.05, 4.69) is 51.1 Å². The average molecular weight is 483 g/mol. The van der Waals surface area contributed by atoms with Crippen LogP contribution in [0.3, 0.4) is 0 Å². The number of rotatable bonds is 4. The Morgan fingerprint density at radius 3 is 2.34 bits per heavy atom. The highest BCUT2D eigenvalue weighted by atomic mass is 35.5. The van der Waals surface area contributed by atoms with E-state index in [4.69, 9.17) is 20.8 Å². The van der Waals surface area contributed by atoms with Crippen molar-refractivity contribution in [2.75, 3.05) is 0 Å². The first-order valence-electron chi connectivity index (χ1n) is 11.7. The summed E-state index contributed by atoms with van der Waals surface area (Å²) in [6.07, 6.45) is 0. The second-order valence-electron chi connectivity index (χ2n) is 9.94. The average Bonchev–Trinajstić information content (AvgIpc) is 2.84. The second-order valence-corrected chi connectivity index (χ2v) is 10.3. The molecule has 0 spiro atoms. The van der Waals surface area contributed by atoms with E-state index in [-0.39, 0.29) is 23.2 Å². The van der Waals surface area contributed by atoms with E-state index in [9.17, 15) is 4.79 Å². The van der Waals surface area contributed by atoms with Crippen LogP contribution in [0.25, 0.3) is 33.1 Å². The van der Waals surface area contributed by atoms with Crippen molar-refractivity contribution in [3.63, 3.8) is 0 Å². The quantitative estimate of drug-likeness (QED) is 0.258. The fraction of sp³-hybridized carbons (Fsp3) is 0.194. The molecule has 4 heteroatoms. The summed E-state index contributed by atoms with van der Waals surface area (Å²) in [7, 11) is 0. The lowest BCUT2D eigenvalue weighted by atomic mass is 9.86. The van der Waals surface area contributed by atoms with Gasteiger partial charge in [-0.3, -0.25) is 4.79 Å². The summed E-state index contributed by atoms with van der Waals surface area (Å²) in [4.78, 5) is 13.7. The summed E-state index contributed by atoms with van der Waals surface area (Å²) in [5.74, 6) is 0.610. The Kier molecular flexibility index (Phi) is 5.90. The van der Waals surface area contributed by atoms with Crippen molar-refractivity contribution in [1.82, 2.24) is 0 Å². The van der Waals surface area contributed by atoms with Crippen LogP contribution in [0.4, 0.5) is 0 Å². The number of hydrogen-bond donors (Lipinski definition) is 0. The maximum atomic E-state index is 13.7. The van der Waals surface area contributed by atoms with Crippen molar-refractivity contribution < 1.29 is 9.15 Å². The highest BCUT2D eigenvalue weighted by Crippen LogP contribution is 2.35. The number of ether oxygens (including phenoxy) is 1. The van der Waals surface area contributed by atoms with Gasteiger partial charge in [0.05, 0.1) is 5.39 Å². The number of halogens is 1. The minimum Gasteiger partial charge on any atom is -0.481 e. The molecule has 5 rings (SSSR count). The normalized spacial score (nSPS) is 11.8. The van der Waals surface area contributed by atoms with Gasteiger partial charge in [0.25, 0.3) is 0 Å². The third-order valence-corrected chi connectivity index (χ3v) is 6.80. The van der Waals surface area contributed by atoms with Crippen LogP contribution in [0.15, 0.2) is 88.1 Å². The molecule has 1 heterocycles. The zero-order chi connectivity index (χ0) is 24.7. The van der Waals surface area contributed by atoms with Crippen LogP contribution >= 0.6 is 11.6 Å². The monoisotopic (exact) mass is 482 g/mol. The molecule has 1 aromatic heterocycles. The maximum Gasteiger partial charge on any atom is 0.235 e. The minimum absolute atomic E-state index is 0.0182. The van der Waals surface area contributed by atoms with E-state index in [1.54, 1.807) is 12.1 Å². The van der Waals surface area contributed by atoms with Gasteiger partial charge >= 0.3 is 0 Å². The molecule has 0 unspecified atom stereocenters. The van der Waals surface area contributed by atoms with Crippen LogP contribution in [0, 0.1) is 6.92 Å². The molecule has 5 aromatic rings. The Morgan fingerprint density at radius 2 is 1.60 bits per heavy atom. The zero-order valence-electron chi connectivity index (χ0n) is 20.3. The largest absolute Gasteiger partial charge is 0.481 e. The van der Waals surface area contributed by atoms with Crippen molar-refractivity contribution in [1.29, 1.82) is 0 Å². The van der Waals surface area contributed by atoms with Gasteiger partial charge in [-0.05, 0) is 51.9 Å². The van der Waals surface area contributed by atoms with E-state index in [0.29, 0.717) is 21.8 Å². The van der Waals surface area contributed by atoms with Crippen LogP contribution in [0.5, 0.6) is 5.75 Å². The minimum atomic E-state index is -0.233. The van der Waals surface area contributed by atoms with Crippen molar-refractivity contribution in [2.24, 2.45) is 0 Å². The molecule has 0 N–H and O–H groups in total. The Bertz CT molecular complexity index is 1600. The predicted molar refractivity (Wildman–Crippen MR) is 145 cm³/mol. The van der Waals surface area contributed by atoms with E-state index in [1.165, 1.54) is 5.56 Å². The molecule has 0 saturated carbocycles. The molecule has 0 aliphatic heterocycles. The topological polar surface area (TPSA) is 39.4 Å². The van der Waals surface area contributed by atoms with Gasteiger partial charge in [0.1, 0.15) is 12.2 Å². The molecule has 35 heavy (non-hydrogen) atoms. The number of aryl methyl sites for hydroxylation is 1. The van der Waals surface area contributed by atoms with Crippen LogP contribution in [-0.4, -0.2) is 0 Å². The molecule has 0 aliphatic rings. The first-order valence-corrected chi connectivity index (χ1v) is 12.1. The molecule has 176 valence electrons. The molecule has 0 saturated heterocycles. The number of benzene rings is 4. The lowest BCUT2D eigenvalue weighted by Gasteiger charge is -2.19. The Balaban J connectivity index is 1.65. The Hall–Kier alpha value is -3.56. The van der Waals surface area contributed by atoms with Crippen molar-refractivity contribution in [3.8, 4) is 17.1 Å². The van der Waals surface area contributed by atoms with Gasteiger partial charge in [0, 0.05) is 10.6 Å². The molecule has 0 atom stereocenters. The molecule has 0 bridgehead atoms. The summed E-state index contributed by atoms with van der Waals surface area (Å²) >= 11 is 6.35. The third kappa shape index (κ3) is 4.44. The molecular weight excluding hydrogens is 456 g/mol. The summed E-state index contributed by atoms with van der Waals surface area (Å²) in [5.41, 5.74) is 4.11. The first kappa shape index (κ1) is 23.2. The van der Waals surface area contributed by atoms with Gasteiger partial charge < -0.3 is 9.15 Å². The summed E-state index contributed by atoms with van der Waals surface area (Å²) < 4.78 is 12.6. The highest BCUT2D eigenvalue weighted by molar-refractivity contribution is 6.32. The molecule has 4 aromatic carbocycles. The predicted octanol–water partition coefficient (Wildman–Crippen LogP) is 8.45. The van der Waals surface area contributed by atoms with Gasteiger partial charge in [-0.15, -0.1) is 0 Å². The highest BCUT2D eigenvalue weighted by Gasteiger charge is 2.20. The maximum absolute atomic E-state index is 13.7. The van der Waals surface area contributed by atoms with Crippen LogP contribution < -0.4 is 10.2 Å². The number of fused-ring (bicyclic) bond motifs is 2. The SMILES string of the molecule is Cc1cc2oc(-c3ccc(C(C)(C)C)cc3)c(OCc3cccc4ccccc34)c(=O)c2cc1Cl. The number of hydrogen-bond acceptors (Lipinski definition) is 3. The van der Waals surface area contributed by atoms with Crippen LogP contribution in [0.1, 0.15) is 37.5 Å². The summed E-state index contributed by atoms with van der Waals surface area (Å²) in [5, 5.41) is 3.14. The molecule has 0 fully saturated rings. The second kappa shape index (κ2) is 8.90. The lowest BCUT2D eigenvalue weighted by molar-refractivity contribution is 0.299.